The summed E-state index contributed by atoms with van der Waals surface area (Å²) in [4.78, 5) is 18.7. The molecule has 20 heavy (non-hydrogen) atoms. The Balaban J connectivity index is 2.81. The highest BCUT2D eigenvalue weighted by Crippen LogP contribution is 2.18. The Morgan fingerprint density at radius 2 is 1.95 bits per heavy atom. The normalized spacial score (nSPS) is 11.9. The fraction of sp³-hybridized carbons (Fsp3) is 0.800. The maximum absolute atomic E-state index is 12.5. The second kappa shape index (κ2) is 6.86. The van der Waals surface area contributed by atoms with Crippen molar-refractivity contribution in [2.75, 3.05) is 6.54 Å². The van der Waals surface area contributed by atoms with E-state index in [1.165, 1.54) is 0 Å². The first-order valence-corrected chi connectivity index (χ1v) is 7.51. The SMILES string of the molecule is CCCCCN(C(=O)c1n[nH]c(C(C)(C)C)n1)C(C)C. The van der Waals surface area contributed by atoms with Gasteiger partial charge in [-0.15, -0.1) is 5.10 Å². The molecule has 0 atom stereocenters. The summed E-state index contributed by atoms with van der Waals surface area (Å²) < 4.78 is 0. The van der Waals surface area contributed by atoms with Crippen LogP contribution in [0, 0.1) is 0 Å². The Bertz CT molecular complexity index is 431. The van der Waals surface area contributed by atoms with E-state index in [2.05, 4.69) is 22.1 Å². The highest BCUT2D eigenvalue weighted by Gasteiger charge is 2.25. The number of nitrogens with zero attached hydrogens (tertiary/aromatic N) is 3. The molecule has 0 saturated heterocycles. The second-order valence-corrected chi connectivity index (χ2v) is 6.56. The molecule has 0 aromatic carbocycles. The number of carbonyl (C=O) groups excluding carboxylic acids is 1. The van der Waals surface area contributed by atoms with E-state index in [4.69, 9.17) is 0 Å². The van der Waals surface area contributed by atoms with Crippen LogP contribution >= 0.6 is 0 Å². The van der Waals surface area contributed by atoms with Crippen LogP contribution in [0.1, 0.15) is 77.2 Å². The lowest BCUT2D eigenvalue weighted by Crippen LogP contribution is -2.38. The minimum Gasteiger partial charge on any atom is -0.333 e. The first-order valence-electron chi connectivity index (χ1n) is 7.51. The van der Waals surface area contributed by atoms with E-state index in [1.807, 2.05) is 39.5 Å². The fourth-order valence-corrected chi connectivity index (χ4v) is 1.95. The summed E-state index contributed by atoms with van der Waals surface area (Å²) in [6.07, 6.45) is 3.31. The van der Waals surface area contributed by atoms with Crippen molar-refractivity contribution in [1.82, 2.24) is 20.1 Å². The van der Waals surface area contributed by atoms with E-state index in [9.17, 15) is 4.79 Å². The van der Waals surface area contributed by atoms with E-state index in [0.29, 0.717) is 0 Å². The summed E-state index contributed by atoms with van der Waals surface area (Å²) in [5.41, 5.74) is -0.129. The van der Waals surface area contributed by atoms with Crippen LogP contribution in [0.5, 0.6) is 0 Å². The number of aromatic nitrogens is 3. The molecule has 1 aromatic rings. The van der Waals surface area contributed by atoms with Gasteiger partial charge in [-0.2, -0.15) is 0 Å². The van der Waals surface area contributed by atoms with Crippen LogP contribution < -0.4 is 0 Å². The molecule has 5 nitrogen and oxygen atoms in total. The highest BCUT2D eigenvalue weighted by atomic mass is 16.2. The minimum absolute atomic E-state index is 0.0807. The van der Waals surface area contributed by atoms with Gasteiger partial charge in [0.2, 0.25) is 5.82 Å². The number of H-pyrrole nitrogens is 1. The van der Waals surface area contributed by atoms with Crippen molar-refractivity contribution in [2.24, 2.45) is 0 Å². The minimum atomic E-state index is -0.129. The predicted octanol–water partition coefficient (Wildman–Crippen LogP) is 3.14. The third kappa shape index (κ3) is 4.32. The lowest BCUT2D eigenvalue weighted by atomic mass is 9.96. The molecule has 0 spiro atoms. The van der Waals surface area contributed by atoms with Crippen molar-refractivity contribution in [1.29, 1.82) is 0 Å². The Morgan fingerprint density at radius 1 is 1.30 bits per heavy atom. The molecule has 1 amide bonds. The zero-order valence-corrected chi connectivity index (χ0v) is 13.7. The van der Waals surface area contributed by atoms with Crippen LogP contribution in [-0.4, -0.2) is 38.6 Å². The number of hydrogen-bond donors (Lipinski definition) is 1. The lowest BCUT2D eigenvalue weighted by molar-refractivity contribution is 0.0690. The number of hydrogen-bond acceptors (Lipinski definition) is 3. The summed E-state index contributed by atoms with van der Waals surface area (Å²) in [7, 11) is 0. The zero-order chi connectivity index (χ0) is 15.3. The average molecular weight is 280 g/mol. The summed E-state index contributed by atoms with van der Waals surface area (Å²) in [5.74, 6) is 0.945. The van der Waals surface area contributed by atoms with Crippen molar-refractivity contribution in [3.8, 4) is 0 Å². The van der Waals surface area contributed by atoms with Crippen LogP contribution in [0.4, 0.5) is 0 Å². The number of unbranched alkanes of at least 4 members (excludes halogenated alkanes) is 2. The molecule has 0 aliphatic rings. The molecule has 0 aliphatic carbocycles. The number of rotatable bonds is 6. The molecular weight excluding hydrogens is 252 g/mol. The Kier molecular flexibility index (Phi) is 5.72. The summed E-state index contributed by atoms with van der Waals surface area (Å²) in [6, 6.07) is 0.163. The van der Waals surface area contributed by atoms with E-state index in [0.717, 1.165) is 31.6 Å². The van der Waals surface area contributed by atoms with Gasteiger partial charge in [-0.05, 0) is 20.3 Å². The van der Waals surface area contributed by atoms with E-state index in [-0.39, 0.29) is 23.2 Å². The van der Waals surface area contributed by atoms with Gasteiger partial charge in [0.05, 0.1) is 0 Å². The van der Waals surface area contributed by atoms with Crippen LogP contribution in [0.3, 0.4) is 0 Å². The van der Waals surface area contributed by atoms with E-state index >= 15 is 0 Å². The first-order chi connectivity index (χ1) is 9.27. The number of carbonyl (C=O) groups is 1. The molecule has 1 heterocycles. The molecule has 114 valence electrons. The summed E-state index contributed by atoms with van der Waals surface area (Å²) in [5, 5.41) is 6.97. The quantitative estimate of drug-likeness (QED) is 0.814. The number of nitrogens with one attached hydrogen (secondary N) is 1. The van der Waals surface area contributed by atoms with Gasteiger partial charge in [-0.3, -0.25) is 9.89 Å². The Labute approximate surface area is 122 Å². The second-order valence-electron chi connectivity index (χ2n) is 6.56. The molecule has 0 aliphatic heterocycles. The largest absolute Gasteiger partial charge is 0.333 e. The topological polar surface area (TPSA) is 61.9 Å². The van der Waals surface area contributed by atoms with Crippen LogP contribution in [0.2, 0.25) is 0 Å². The smallest absolute Gasteiger partial charge is 0.293 e. The molecule has 0 bridgehead atoms. The molecule has 0 unspecified atom stereocenters. The van der Waals surface area contributed by atoms with Gasteiger partial charge < -0.3 is 4.90 Å². The van der Waals surface area contributed by atoms with Crippen molar-refractivity contribution in [3.05, 3.63) is 11.6 Å². The van der Waals surface area contributed by atoms with Crippen molar-refractivity contribution < 1.29 is 4.79 Å². The number of amides is 1. The summed E-state index contributed by atoms with van der Waals surface area (Å²) >= 11 is 0. The molecule has 1 rings (SSSR count). The molecule has 1 aromatic heterocycles. The Morgan fingerprint density at radius 3 is 2.40 bits per heavy atom. The first kappa shape index (κ1) is 16.7. The van der Waals surface area contributed by atoms with Gasteiger partial charge in [0.15, 0.2) is 0 Å². The van der Waals surface area contributed by atoms with Gasteiger partial charge in [-0.1, -0.05) is 40.5 Å². The van der Waals surface area contributed by atoms with Gasteiger partial charge in [0.25, 0.3) is 5.91 Å². The van der Waals surface area contributed by atoms with Gasteiger partial charge in [0, 0.05) is 18.0 Å². The third-order valence-corrected chi connectivity index (χ3v) is 3.27. The lowest BCUT2D eigenvalue weighted by Gasteiger charge is -2.25. The maximum atomic E-state index is 12.5. The Hall–Kier alpha value is -1.39. The summed E-state index contributed by atoms with van der Waals surface area (Å²) in [6.45, 7) is 13.1. The molecular formula is C15H28N4O. The predicted molar refractivity (Wildman–Crippen MR) is 80.8 cm³/mol. The third-order valence-electron chi connectivity index (χ3n) is 3.27. The zero-order valence-electron chi connectivity index (χ0n) is 13.7. The standard InChI is InChI=1S/C15H28N4O/c1-7-8-9-10-19(11(2)3)13(20)12-16-14(18-17-12)15(4,5)6/h11H,7-10H2,1-6H3,(H,16,17,18). The molecule has 0 radical (unpaired) electrons. The van der Waals surface area contributed by atoms with Gasteiger partial charge in [-0.25, -0.2) is 4.98 Å². The number of aromatic amines is 1. The van der Waals surface area contributed by atoms with Crippen LogP contribution in [0.25, 0.3) is 0 Å². The van der Waals surface area contributed by atoms with Crippen LogP contribution in [0.15, 0.2) is 0 Å². The monoisotopic (exact) mass is 280 g/mol. The highest BCUT2D eigenvalue weighted by molar-refractivity contribution is 5.90. The average Bonchev–Trinajstić information content (AvgIpc) is 2.82. The fourth-order valence-electron chi connectivity index (χ4n) is 1.95. The van der Waals surface area contributed by atoms with E-state index in [1.54, 1.807) is 0 Å². The van der Waals surface area contributed by atoms with Gasteiger partial charge in [0.1, 0.15) is 5.82 Å². The molecule has 5 heteroatoms. The van der Waals surface area contributed by atoms with Crippen molar-refractivity contribution in [2.45, 2.75) is 72.3 Å². The van der Waals surface area contributed by atoms with E-state index < -0.39 is 0 Å². The van der Waals surface area contributed by atoms with Crippen molar-refractivity contribution >= 4 is 5.91 Å². The van der Waals surface area contributed by atoms with Crippen LogP contribution in [-0.2, 0) is 5.41 Å². The van der Waals surface area contributed by atoms with Crippen molar-refractivity contribution in [3.63, 3.8) is 0 Å². The maximum Gasteiger partial charge on any atom is 0.293 e. The molecule has 1 N–H and O–H groups in total. The van der Waals surface area contributed by atoms with Gasteiger partial charge >= 0.3 is 0 Å². The molecule has 0 fully saturated rings. The molecule has 0 saturated carbocycles.